The zero-order chi connectivity index (χ0) is 12.1. The van der Waals surface area contributed by atoms with Gasteiger partial charge in [-0.05, 0) is 25.3 Å². The highest BCUT2D eigenvalue weighted by molar-refractivity contribution is 4.80. The fourth-order valence-corrected chi connectivity index (χ4v) is 2.23. The van der Waals surface area contributed by atoms with Crippen LogP contribution in [-0.2, 0) is 11.3 Å². The molecule has 1 saturated heterocycles. The molecule has 2 rings (SSSR count). The summed E-state index contributed by atoms with van der Waals surface area (Å²) in [6.45, 7) is 7.44. The van der Waals surface area contributed by atoms with Crippen LogP contribution < -0.4 is 5.32 Å². The van der Waals surface area contributed by atoms with Gasteiger partial charge in [-0.3, -0.25) is 0 Å². The maximum Gasteiger partial charge on any atom is 0.0946 e. The van der Waals surface area contributed by atoms with E-state index in [0.29, 0.717) is 18.1 Å². The van der Waals surface area contributed by atoms with Gasteiger partial charge in [0.1, 0.15) is 0 Å². The Morgan fingerprint density at radius 3 is 2.94 bits per heavy atom. The largest absolute Gasteiger partial charge is 0.372 e. The summed E-state index contributed by atoms with van der Waals surface area (Å²) < 4.78 is 8.10. The van der Waals surface area contributed by atoms with Gasteiger partial charge in [0.05, 0.1) is 18.5 Å². The number of aromatic nitrogens is 2. The van der Waals surface area contributed by atoms with Gasteiger partial charge in [-0.1, -0.05) is 13.8 Å². The lowest BCUT2D eigenvalue weighted by molar-refractivity contribution is 0.0359. The number of ether oxygens (including phenoxy) is 1. The number of hydrogen-bond donors (Lipinski definition) is 1. The summed E-state index contributed by atoms with van der Waals surface area (Å²) in [5.74, 6) is 0.707. The van der Waals surface area contributed by atoms with Crippen LogP contribution in [0.4, 0.5) is 0 Å². The molecule has 1 aliphatic rings. The Kier molecular flexibility index (Phi) is 4.57. The monoisotopic (exact) mass is 237 g/mol. The molecule has 0 spiro atoms. The Labute approximate surface area is 103 Å². The summed E-state index contributed by atoms with van der Waals surface area (Å²) in [5.41, 5.74) is 0. The molecule has 2 unspecified atom stereocenters. The van der Waals surface area contributed by atoms with Crippen molar-refractivity contribution in [2.45, 2.75) is 45.4 Å². The van der Waals surface area contributed by atoms with Crippen LogP contribution in [0.5, 0.6) is 0 Å². The summed E-state index contributed by atoms with van der Waals surface area (Å²) in [6.07, 6.45) is 8.74. The summed E-state index contributed by atoms with van der Waals surface area (Å²) in [4.78, 5) is 4.05. The molecule has 1 aromatic heterocycles. The molecule has 0 bridgehead atoms. The topological polar surface area (TPSA) is 39.1 Å². The first-order valence-corrected chi connectivity index (χ1v) is 6.56. The van der Waals surface area contributed by atoms with Gasteiger partial charge in [0.2, 0.25) is 0 Å². The molecular formula is C13H23N3O. The Morgan fingerprint density at radius 2 is 2.24 bits per heavy atom. The van der Waals surface area contributed by atoms with Gasteiger partial charge in [0.25, 0.3) is 0 Å². The van der Waals surface area contributed by atoms with Crippen LogP contribution in [0, 0.1) is 5.92 Å². The Hall–Kier alpha value is -0.870. The van der Waals surface area contributed by atoms with Crippen molar-refractivity contribution in [1.29, 1.82) is 0 Å². The van der Waals surface area contributed by atoms with Crippen molar-refractivity contribution < 1.29 is 4.74 Å². The summed E-state index contributed by atoms with van der Waals surface area (Å²) in [5, 5.41) is 3.46. The molecule has 2 heterocycles. The molecule has 4 heteroatoms. The van der Waals surface area contributed by atoms with E-state index in [4.69, 9.17) is 4.74 Å². The van der Waals surface area contributed by atoms with Gasteiger partial charge in [-0.15, -0.1) is 0 Å². The second-order valence-corrected chi connectivity index (χ2v) is 5.27. The number of nitrogens with one attached hydrogen (secondary N) is 1. The van der Waals surface area contributed by atoms with E-state index in [1.807, 2.05) is 18.7 Å². The van der Waals surface area contributed by atoms with Crippen LogP contribution >= 0.6 is 0 Å². The zero-order valence-electron chi connectivity index (χ0n) is 10.8. The normalized spacial score (nSPS) is 24.6. The SMILES string of the molecule is CC(C)CNCC1CCC(Cn2ccnc2)O1. The first-order chi connectivity index (χ1) is 8.24. The minimum Gasteiger partial charge on any atom is -0.372 e. The molecule has 1 fully saturated rings. The molecule has 0 radical (unpaired) electrons. The lowest BCUT2D eigenvalue weighted by Gasteiger charge is -2.15. The van der Waals surface area contributed by atoms with Crippen LogP contribution in [0.3, 0.4) is 0 Å². The predicted octanol–water partition coefficient (Wildman–Crippen LogP) is 1.68. The van der Waals surface area contributed by atoms with Crippen molar-refractivity contribution in [3.63, 3.8) is 0 Å². The van der Waals surface area contributed by atoms with E-state index < -0.39 is 0 Å². The maximum atomic E-state index is 6.01. The highest BCUT2D eigenvalue weighted by Crippen LogP contribution is 2.20. The van der Waals surface area contributed by atoms with Crippen LogP contribution in [0.25, 0.3) is 0 Å². The lowest BCUT2D eigenvalue weighted by atomic mass is 10.2. The number of nitrogens with zero attached hydrogens (tertiary/aromatic N) is 2. The van der Waals surface area contributed by atoms with Crippen molar-refractivity contribution in [3.8, 4) is 0 Å². The second kappa shape index (κ2) is 6.17. The van der Waals surface area contributed by atoms with Gasteiger partial charge < -0.3 is 14.6 Å². The van der Waals surface area contributed by atoms with Crippen molar-refractivity contribution in [1.82, 2.24) is 14.9 Å². The van der Waals surface area contributed by atoms with E-state index in [1.54, 1.807) is 0 Å². The predicted molar refractivity (Wildman–Crippen MR) is 67.8 cm³/mol. The van der Waals surface area contributed by atoms with E-state index in [0.717, 1.165) is 26.1 Å². The standard InChI is InChI=1S/C13H23N3O/c1-11(2)7-15-8-12-3-4-13(17-12)9-16-6-5-14-10-16/h5-6,10-13,15H,3-4,7-9H2,1-2H3. The van der Waals surface area contributed by atoms with Crippen molar-refractivity contribution >= 4 is 0 Å². The Bertz CT molecular complexity index is 310. The maximum absolute atomic E-state index is 6.01. The van der Waals surface area contributed by atoms with Gasteiger partial charge in [-0.25, -0.2) is 4.98 Å². The fraction of sp³-hybridized carbons (Fsp3) is 0.769. The molecular weight excluding hydrogens is 214 g/mol. The molecule has 96 valence electrons. The average Bonchev–Trinajstić information content (AvgIpc) is 2.90. The second-order valence-electron chi connectivity index (χ2n) is 5.27. The van der Waals surface area contributed by atoms with Crippen LogP contribution in [0.15, 0.2) is 18.7 Å². The number of rotatable bonds is 6. The molecule has 4 nitrogen and oxygen atoms in total. The van der Waals surface area contributed by atoms with Crippen LogP contribution in [0.2, 0.25) is 0 Å². The lowest BCUT2D eigenvalue weighted by Crippen LogP contribution is -2.30. The van der Waals surface area contributed by atoms with Crippen molar-refractivity contribution in [2.24, 2.45) is 5.92 Å². The zero-order valence-corrected chi connectivity index (χ0v) is 10.8. The summed E-state index contributed by atoms with van der Waals surface area (Å²) in [7, 11) is 0. The van der Waals surface area contributed by atoms with Gasteiger partial charge in [-0.2, -0.15) is 0 Å². The Balaban J connectivity index is 1.65. The Morgan fingerprint density at radius 1 is 1.41 bits per heavy atom. The van der Waals surface area contributed by atoms with Crippen molar-refractivity contribution in [2.75, 3.05) is 13.1 Å². The van der Waals surface area contributed by atoms with E-state index >= 15 is 0 Å². The van der Waals surface area contributed by atoms with E-state index in [1.165, 1.54) is 6.42 Å². The summed E-state index contributed by atoms with van der Waals surface area (Å²) >= 11 is 0. The van der Waals surface area contributed by atoms with E-state index in [-0.39, 0.29) is 0 Å². The molecule has 0 aliphatic carbocycles. The molecule has 0 amide bonds. The molecule has 1 aliphatic heterocycles. The van der Waals surface area contributed by atoms with E-state index in [2.05, 4.69) is 28.7 Å². The third kappa shape index (κ3) is 4.13. The minimum absolute atomic E-state index is 0.357. The highest BCUT2D eigenvalue weighted by Gasteiger charge is 2.24. The highest BCUT2D eigenvalue weighted by atomic mass is 16.5. The van der Waals surface area contributed by atoms with E-state index in [9.17, 15) is 0 Å². The molecule has 1 N–H and O–H groups in total. The molecule has 17 heavy (non-hydrogen) atoms. The first kappa shape index (κ1) is 12.6. The first-order valence-electron chi connectivity index (χ1n) is 6.56. The van der Waals surface area contributed by atoms with Crippen molar-refractivity contribution in [3.05, 3.63) is 18.7 Å². The average molecular weight is 237 g/mol. The minimum atomic E-state index is 0.357. The third-order valence-corrected chi connectivity index (χ3v) is 3.09. The fourth-order valence-electron chi connectivity index (χ4n) is 2.23. The number of imidazole rings is 1. The quantitative estimate of drug-likeness (QED) is 0.818. The van der Waals surface area contributed by atoms with Gasteiger partial charge >= 0.3 is 0 Å². The molecule has 2 atom stereocenters. The van der Waals surface area contributed by atoms with Gasteiger partial charge in [0, 0.05) is 25.5 Å². The number of hydrogen-bond acceptors (Lipinski definition) is 3. The van der Waals surface area contributed by atoms with Gasteiger partial charge in [0.15, 0.2) is 0 Å². The molecule has 0 saturated carbocycles. The molecule has 0 aromatic carbocycles. The van der Waals surface area contributed by atoms with Crippen LogP contribution in [-0.4, -0.2) is 34.8 Å². The summed E-state index contributed by atoms with van der Waals surface area (Å²) in [6, 6.07) is 0. The molecule has 1 aromatic rings. The smallest absolute Gasteiger partial charge is 0.0946 e. The van der Waals surface area contributed by atoms with Crippen LogP contribution in [0.1, 0.15) is 26.7 Å². The third-order valence-electron chi connectivity index (χ3n) is 3.09.